The highest BCUT2D eigenvalue weighted by Gasteiger charge is 2.26. The monoisotopic (exact) mass is 311 g/mol. The Morgan fingerprint density at radius 2 is 1.83 bits per heavy atom. The van der Waals surface area contributed by atoms with E-state index in [2.05, 4.69) is 9.46 Å². The van der Waals surface area contributed by atoms with Crippen LogP contribution in [0.1, 0.15) is 6.92 Å². The average molecular weight is 312 g/mol. The number of halogens is 2. The van der Waals surface area contributed by atoms with Crippen molar-refractivity contribution < 1.29 is 17.9 Å². The molecule has 1 atom stereocenters. The van der Waals surface area contributed by atoms with Crippen molar-refractivity contribution in [1.29, 1.82) is 0 Å². The highest BCUT2D eigenvalue weighted by molar-refractivity contribution is 7.89. The molecule has 0 saturated carbocycles. The van der Waals surface area contributed by atoms with Crippen LogP contribution in [0.3, 0.4) is 0 Å². The topological polar surface area (TPSA) is 72.5 Å². The van der Waals surface area contributed by atoms with E-state index >= 15 is 0 Å². The third-order valence-electron chi connectivity index (χ3n) is 2.07. The predicted molar refractivity (Wildman–Crippen MR) is 68.3 cm³/mol. The van der Waals surface area contributed by atoms with Gasteiger partial charge in [-0.25, -0.2) is 8.42 Å². The van der Waals surface area contributed by atoms with Gasteiger partial charge in [0.05, 0.1) is 17.2 Å². The summed E-state index contributed by atoms with van der Waals surface area (Å²) in [5.41, 5.74) is 0. The van der Waals surface area contributed by atoms with E-state index in [0.717, 1.165) is 7.11 Å². The zero-order chi connectivity index (χ0) is 13.9. The molecule has 0 spiro atoms. The van der Waals surface area contributed by atoms with Crippen molar-refractivity contribution in [2.24, 2.45) is 0 Å². The lowest BCUT2D eigenvalue weighted by molar-refractivity contribution is -0.142. The first-order chi connectivity index (χ1) is 8.29. The lowest BCUT2D eigenvalue weighted by atomic mass is 10.4. The largest absolute Gasteiger partial charge is 0.468 e. The second kappa shape index (κ2) is 5.88. The number of hydrogen-bond donors (Lipinski definition) is 1. The summed E-state index contributed by atoms with van der Waals surface area (Å²) >= 11 is 11.6. The molecule has 0 radical (unpaired) electrons. The zero-order valence-corrected chi connectivity index (χ0v) is 11.9. The number of carbonyl (C=O) groups excluding carboxylic acids is 1. The number of rotatable bonds is 4. The van der Waals surface area contributed by atoms with Gasteiger partial charge in [-0.3, -0.25) is 4.79 Å². The van der Waals surface area contributed by atoms with Crippen LogP contribution in [0.4, 0.5) is 0 Å². The number of hydrogen-bond acceptors (Lipinski definition) is 4. The number of esters is 1. The third-order valence-corrected chi connectivity index (χ3v) is 4.57. The molecule has 100 valence electrons. The first kappa shape index (κ1) is 15.2. The highest BCUT2D eigenvalue weighted by Crippen LogP contribution is 2.28. The van der Waals surface area contributed by atoms with Crippen molar-refractivity contribution in [3.05, 3.63) is 28.2 Å². The van der Waals surface area contributed by atoms with Crippen molar-refractivity contribution in [2.75, 3.05) is 7.11 Å². The van der Waals surface area contributed by atoms with Gasteiger partial charge in [-0.15, -0.1) is 0 Å². The third kappa shape index (κ3) is 3.35. The predicted octanol–water partition coefficient (Wildman–Crippen LogP) is 1.83. The van der Waals surface area contributed by atoms with Gasteiger partial charge in [0.2, 0.25) is 10.0 Å². The van der Waals surface area contributed by atoms with Gasteiger partial charge in [0, 0.05) is 0 Å². The molecule has 0 aliphatic carbocycles. The van der Waals surface area contributed by atoms with Gasteiger partial charge in [-0.2, -0.15) is 4.72 Å². The zero-order valence-electron chi connectivity index (χ0n) is 9.61. The van der Waals surface area contributed by atoms with Gasteiger partial charge < -0.3 is 4.74 Å². The lowest BCUT2D eigenvalue weighted by Crippen LogP contribution is -2.39. The number of benzene rings is 1. The van der Waals surface area contributed by atoms with Crippen LogP contribution in [-0.4, -0.2) is 27.5 Å². The Kier molecular flexibility index (Phi) is 4.98. The van der Waals surface area contributed by atoms with E-state index in [0.29, 0.717) is 0 Å². The van der Waals surface area contributed by atoms with Crippen LogP contribution in [0.5, 0.6) is 0 Å². The van der Waals surface area contributed by atoms with E-state index in [1.54, 1.807) is 0 Å². The molecule has 18 heavy (non-hydrogen) atoms. The molecule has 1 rings (SSSR count). The molecule has 0 aromatic heterocycles. The van der Waals surface area contributed by atoms with E-state index < -0.39 is 22.0 Å². The fourth-order valence-electron chi connectivity index (χ4n) is 1.26. The minimum atomic E-state index is -3.99. The van der Waals surface area contributed by atoms with Crippen molar-refractivity contribution in [3.63, 3.8) is 0 Å². The summed E-state index contributed by atoms with van der Waals surface area (Å²) in [6, 6.07) is 3.27. The van der Waals surface area contributed by atoms with E-state index in [1.165, 1.54) is 25.1 Å². The standard InChI is InChI=1S/C10H11Cl2NO4S/c1-6(10(14)17-2)13-18(15,16)9-7(11)4-3-5-8(9)12/h3-6,13H,1-2H3/t6-/m1/s1. The van der Waals surface area contributed by atoms with Crippen LogP contribution >= 0.6 is 23.2 Å². The maximum atomic E-state index is 12.0. The fraction of sp³-hybridized carbons (Fsp3) is 0.300. The highest BCUT2D eigenvalue weighted by atomic mass is 35.5. The van der Waals surface area contributed by atoms with Crippen molar-refractivity contribution in [2.45, 2.75) is 17.9 Å². The molecular formula is C10H11Cl2NO4S. The Morgan fingerprint density at radius 3 is 2.28 bits per heavy atom. The molecule has 0 aliphatic heterocycles. The quantitative estimate of drug-likeness (QED) is 0.861. The van der Waals surface area contributed by atoms with Gasteiger partial charge in [-0.1, -0.05) is 29.3 Å². The van der Waals surface area contributed by atoms with Gasteiger partial charge >= 0.3 is 5.97 Å². The summed E-state index contributed by atoms with van der Waals surface area (Å²) < 4.78 is 30.6. The molecule has 0 amide bonds. The first-order valence-electron chi connectivity index (χ1n) is 4.83. The Balaban J connectivity index is 3.12. The lowest BCUT2D eigenvalue weighted by Gasteiger charge is -2.13. The first-order valence-corrected chi connectivity index (χ1v) is 7.07. The number of ether oxygens (including phenoxy) is 1. The Bertz CT molecular complexity index is 539. The van der Waals surface area contributed by atoms with Gasteiger partial charge in [0.1, 0.15) is 10.9 Å². The van der Waals surface area contributed by atoms with Gasteiger partial charge in [0.15, 0.2) is 0 Å². The van der Waals surface area contributed by atoms with Crippen LogP contribution in [0.15, 0.2) is 23.1 Å². The van der Waals surface area contributed by atoms with Crippen LogP contribution in [0, 0.1) is 0 Å². The summed E-state index contributed by atoms with van der Waals surface area (Å²) in [5, 5.41) is -0.0425. The number of sulfonamides is 1. The summed E-state index contributed by atoms with van der Waals surface area (Å²) in [6.45, 7) is 1.36. The van der Waals surface area contributed by atoms with Crippen molar-refractivity contribution in [3.8, 4) is 0 Å². The SMILES string of the molecule is COC(=O)[C@@H](C)NS(=O)(=O)c1c(Cl)cccc1Cl. The molecule has 8 heteroatoms. The van der Waals surface area contributed by atoms with Crippen LogP contribution in [-0.2, 0) is 19.6 Å². The summed E-state index contributed by atoms with van der Waals surface area (Å²) in [6.07, 6.45) is 0. The van der Waals surface area contributed by atoms with E-state index in [4.69, 9.17) is 23.2 Å². The maximum absolute atomic E-state index is 12.0. The van der Waals surface area contributed by atoms with Gasteiger partial charge in [0.25, 0.3) is 0 Å². The van der Waals surface area contributed by atoms with Crippen LogP contribution < -0.4 is 4.72 Å². The molecule has 1 aromatic carbocycles. The van der Waals surface area contributed by atoms with Crippen LogP contribution in [0.25, 0.3) is 0 Å². The normalized spacial score (nSPS) is 13.1. The molecular weight excluding hydrogens is 301 g/mol. The van der Waals surface area contributed by atoms with E-state index in [9.17, 15) is 13.2 Å². The minimum absolute atomic E-state index is 0.0212. The Labute approximate surface area is 115 Å². The molecule has 0 saturated heterocycles. The van der Waals surface area contributed by atoms with Crippen LogP contribution in [0.2, 0.25) is 10.0 Å². The number of carbonyl (C=O) groups is 1. The Hall–Kier alpha value is -0.820. The van der Waals surface area contributed by atoms with E-state index in [1.807, 2.05) is 0 Å². The smallest absolute Gasteiger partial charge is 0.323 e. The fourth-order valence-corrected chi connectivity index (χ4v) is 3.59. The maximum Gasteiger partial charge on any atom is 0.323 e. The molecule has 0 fully saturated rings. The second-order valence-electron chi connectivity index (χ2n) is 3.42. The molecule has 0 heterocycles. The number of methoxy groups -OCH3 is 1. The molecule has 0 aliphatic rings. The molecule has 1 aromatic rings. The minimum Gasteiger partial charge on any atom is -0.468 e. The summed E-state index contributed by atoms with van der Waals surface area (Å²) in [5.74, 6) is -0.707. The van der Waals surface area contributed by atoms with Crippen molar-refractivity contribution in [1.82, 2.24) is 4.72 Å². The van der Waals surface area contributed by atoms with E-state index in [-0.39, 0.29) is 14.9 Å². The molecule has 1 N–H and O–H groups in total. The summed E-state index contributed by atoms with van der Waals surface area (Å²) in [7, 11) is -2.83. The van der Waals surface area contributed by atoms with Gasteiger partial charge in [-0.05, 0) is 19.1 Å². The second-order valence-corrected chi connectivity index (χ2v) is 5.88. The molecule has 0 bridgehead atoms. The molecule has 0 unspecified atom stereocenters. The van der Waals surface area contributed by atoms with Crippen molar-refractivity contribution >= 4 is 39.2 Å². The Morgan fingerprint density at radius 1 is 1.33 bits per heavy atom. The molecule has 5 nitrogen and oxygen atoms in total. The number of nitrogens with one attached hydrogen (secondary N) is 1. The summed E-state index contributed by atoms with van der Waals surface area (Å²) in [4.78, 5) is 10.9. The average Bonchev–Trinajstić information content (AvgIpc) is 2.26.